The Balaban J connectivity index is 1.48. The number of nitriles is 1. The van der Waals surface area contributed by atoms with Crippen molar-refractivity contribution in [1.82, 2.24) is 24.2 Å². The SMILES string of the molecule is CC(C)C=C(C#N)C(=O)N1CCCC1Cn1c(NC(=O)c2ccc(-n3cccn3)s2)nc2cc(C(C)(C)O)ccc21. The summed E-state index contributed by atoms with van der Waals surface area (Å²) in [6.07, 6.45) is 6.78. The molecule has 0 radical (unpaired) electrons. The van der Waals surface area contributed by atoms with E-state index in [1.807, 2.05) is 54.9 Å². The summed E-state index contributed by atoms with van der Waals surface area (Å²) in [5.74, 6) is -0.152. The summed E-state index contributed by atoms with van der Waals surface area (Å²) in [4.78, 5) is 33.7. The molecule has 212 valence electrons. The number of nitrogens with zero attached hydrogens (tertiary/aromatic N) is 6. The lowest BCUT2D eigenvalue weighted by molar-refractivity contribution is -0.127. The van der Waals surface area contributed by atoms with Gasteiger partial charge in [-0.3, -0.25) is 14.9 Å². The Morgan fingerprint density at radius 2 is 2.10 bits per heavy atom. The molecule has 2 N–H and O–H groups in total. The number of carbonyl (C=O) groups excluding carboxylic acids is 2. The monoisotopic (exact) mass is 571 g/mol. The van der Waals surface area contributed by atoms with Gasteiger partial charge in [-0.25, -0.2) is 9.67 Å². The number of hydrogen-bond acceptors (Lipinski definition) is 7. The number of benzene rings is 1. The van der Waals surface area contributed by atoms with E-state index in [9.17, 15) is 20.0 Å². The van der Waals surface area contributed by atoms with Crippen LogP contribution in [-0.2, 0) is 16.9 Å². The first kappa shape index (κ1) is 28.3. The Labute approximate surface area is 242 Å². The van der Waals surface area contributed by atoms with Crippen LogP contribution in [0.5, 0.6) is 0 Å². The fourth-order valence-corrected chi connectivity index (χ4v) is 5.92. The normalized spacial score (nSPS) is 16.0. The average Bonchev–Trinajstić information content (AvgIpc) is 3.73. The van der Waals surface area contributed by atoms with Crippen LogP contribution in [0.3, 0.4) is 0 Å². The largest absolute Gasteiger partial charge is 0.386 e. The molecule has 1 unspecified atom stereocenters. The molecule has 10 nitrogen and oxygen atoms in total. The Kier molecular flexibility index (Phi) is 7.80. The molecule has 0 bridgehead atoms. The van der Waals surface area contributed by atoms with Crippen molar-refractivity contribution < 1.29 is 14.7 Å². The molecular weight excluding hydrogens is 538 g/mol. The fraction of sp³-hybridized carbons (Fsp3) is 0.367. The third-order valence-electron chi connectivity index (χ3n) is 7.11. The minimum atomic E-state index is -1.06. The highest BCUT2D eigenvalue weighted by atomic mass is 32.1. The molecule has 4 aromatic rings. The van der Waals surface area contributed by atoms with Gasteiger partial charge in [-0.05, 0) is 68.5 Å². The number of aliphatic hydroxyl groups is 1. The van der Waals surface area contributed by atoms with Gasteiger partial charge in [-0.1, -0.05) is 26.0 Å². The minimum absolute atomic E-state index is 0.0742. The lowest BCUT2D eigenvalue weighted by Crippen LogP contribution is -2.39. The van der Waals surface area contributed by atoms with E-state index in [1.54, 1.807) is 41.8 Å². The second-order valence-corrected chi connectivity index (χ2v) is 12.1. The summed E-state index contributed by atoms with van der Waals surface area (Å²) < 4.78 is 3.61. The van der Waals surface area contributed by atoms with E-state index in [-0.39, 0.29) is 29.3 Å². The Morgan fingerprint density at radius 1 is 1.29 bits per heavy atom. The van der Waals surface area contributed by atoms with Gasteiger partial charge in [0.05, 0.1) is 27.6 Å². The van der Waals surface area contributed by atoms with Crippen molar-refractivity contribution in [1.29, 1.82) is 5.26 Å². The number of thiophene rings is 1. The maximum atomic E-state index is 13.4. The lowest BCUT2D eigenvalue weighted by Gasteiger charge is -2.26. The number of allylic oxidation sites excluding steroid dienone is 1. The highest BCUT2D eigenvalue weighted by Crippen LogP contribution is 2.30. The molecule has 5 rings (SSSR count). The molecule has 11 heteroatoms. The number of hydrogen-bond donors (Lipinski definition) is 2. The van der Waals surface area contributed by atoms with Crippen LogP contribution in [0.2, 0.25) is 0 Å². The molecule has 41 heavy (non-hydrogen) atoms. The number of imidazole rings is 1. The summed E-state index contributed by atoms with van der Waals surface area (Å²) in [7, 11) is 0. The first-order valence-electron chi connectivity index (χ1n) is 13.6. The maximum Gasteiger partial charge on any atom is 0.268 e. The highest BCUT2D eigenvalue weighted by Gasteiger charge is 2.32. The van der Waals surface area contributed by atoms with Crippen LogP contribution in [0, 0.1) is 17.2 Å². The molecule has 1 aliphatic heterocycles. The van der Waals surface area contributed by atoms with Crippen LogP contribution >= 0.6 is 11.3 Å². The number of likely N-dealkylation sites (tertiary alicyclic amines) is 1. The molecule has 0 saturated carbocycles. The molecule has 1 aromatic carbocycles. The van der Waals surface area contributed by atoms with E-state index in [0.717, 1.165) is 23.4 Å². The van der Waals surface area contributed by atoms with Gasteiger partial charge in [0, 0.05) is 25.5 Å². The topological polar surface area (TPSA) is 129 Å². The standard InChI is InChI=1S/C30H33N7O3S/c1-19(2)15-20(17-31)28(39)35-13-5-7-22(35)18-36-24-9-8-21(30(3,4)40)16-23(24)33-29(36)34-27(38)25-10-11-26(41-25)37-14-6-12-32-37/h6,8-12,14-16,19,22,40H,5,7,13,18H2,1-4H3,(H,33,34,38). The molecule has 1 atom stereocenters. The molecule has 0 aliphatic carbocycles. The number of anilines is 1. The smallest absolute Gasteiger partial charge is 0.268 e. The zero-order valence-electron chi connectivity index (χ0n) is 23.5. The molecule has 2 amide bonds. The summed E-state index contributed by atoms with van der Waals surface area (Å²) in [5.41, 5.74) is 1.18. The van der Waals surface area contributed by atoms with Crippen molar-refractivity contribution in [3.63, 3.8) is 0 Å². The van der Waals surface area contributed by atoms with Gasteiger partial charge >= 0.3 is 0 Å². The third kappa shape index (κ3) is 5.94. The van der Waals surface area contributed by atoms with Gasteiger partial charge in [0.1, 0.15) is 16.6 Å². The second kappa shape index (κ2) is 11.3. The number of nitrogens with one attached hydrogen (secondary N) is 1. The molecular formula is C30H33N7O3S. The van der Waals surface area contributed by atoms with Crippen LogP contribution in [0.4, 0.5) is 5.95 Å². The van der Waals surface area contributed by atoms with Crippen LogP contribution in [0.15, 0.2) is 60.4 Å². The Bertz CT molecular complexity index is 1650. The zero-order chi connectivity index (χ0) is 29.3. The van der Waals surface area contributed by atoms with Crippen molar-refractivity contribution in [2.45, 2.75) is 58.7 Å². The van der Waals surface area contributed by atoms with Crippen molar-refractivity contribution in [2.75, 3.05) is 11.9 Å². The van der Waals surface area contributed by atoms with Crippen LogP contribution in [0.25, 0.3) is 16.0 Å². The molecule has 1 fully saturated rings. The molecule has 1 saturated heterocycles. The van der Waals surface area contributed by atoms with Gasteiger partial charge in [0.15, 0.2) is 0 Å². The predicted octanol–water partition coefficient (Wildman–Crippen LogP) is 4.86. The molecule has 4 heterocycles. The van der Waals surface area contributed by atoms with Crippen LogP contribution < -0.4 is 5.32 Å². The fourth-order valence-electron chi connectivity index (χ4n) is 5.07. The van der Waals surface area contributed by atoms with Crippen molar-refractivity contribution in [3.05, 3.63) is 70.9 Å². The summed E-state index contributed by atoms with van der Waals surface area (Å²) in [6, 6.07) is 12.8. The van der Waals surface area contributed by atoms with Crippen molar-refractivity contribution in [3.8, 4) is 11.1 Å². The van der Waals surface area contributed by atoms with E-state index >= 15 is 0 Å². The van der Waals surface area contributed by atoms with E-state index in [4.69, 9.17) is 4.98 Å². The number of carbonyl (C=O) groups is 2. The van der Waals surface area contributed by atoms with Gasteiger partial charge in [-0.15, -0.1) is 11.3 Å². The first-order valence-corrected chi connectivity index (χ1v) is 14.4. The van der Waals surface area contributed by atoms with Gasteiger partial charge < -0.3 is 14.6 Å². The summed E-state index contributed by atoms with van der Waals surface area (Å²) in [5, 5.41) is 28.2. The minimum Gasteiger partial charge on any atom is -0.386 e. The molecule has 3 aromatic heterocycles. The predicted molar refractivity (Wildman–Crippen MR) is 158 cm³/mol. The van der Waals surface area contributed by atoms with Gasteiger partial charge in [0.2, 0.25) is 5.95 Å². The van der Waals surface area contributed by atoms with Crippen LogP contribution in [-0.4, -0.2) is 53.7 Å². The Hall–Kier alpha value is -4.27. The second-order valence-electron chi connectivity index (χ2n) is 11.1. The van der Waals surface area contributed by atoms with Crippen molar-refractivity contribution >= 4 is 40.1 Å². The van der Waals surface area contributed by atoms with E-state index < -0.39 is 5.60 Å². The van der Waals surface area contributed by atoms with Gasteiger partial charge in [0.25, 0.3) is 11.8 Å². The number of amides is 2. The molecule has 1 aliphatic rings. The van der Waals surface area contributed by atoms with E-state index in [1.165, 1.54) is 11.3 Å². The quantitative estimate of drug-likeness (QED) is 0.230. The number of aromatic nitrogens is 4. The summed E-state index contributed by atoms with van der Waals surface area (Å²) in [6.45, 7) is 8.24. The zero-order valence-corrected chi connectivity index (χ0v) is 24.4. The van der Waals surface area contributed by atoms with E-state index in [2.05, 4.69) is 16.5 Å². The van der Waals surface area contributed by atoms with E-state index in [0.29, 0.717) is 35.0 Å². The highest BCUT2D eigenvalue weighted by molar-refractivity contribution is 7.16. The van der Waals surface area contributed by atoms with Gasteiger partial charge in [-0.2, -0.15) is 10.4 Å². The van der Waals surface area contributed by atoms with Crippen LogP contribution in [0.1, 0.15) is 55.8 Å². The lowest BCUT2D eigenvalue weighted by atomic mass is 9.98. The summed E-state index contributed by atoms with van der Waals surface area (Å²) >= 11 is 1.31. The average molecular weight is 572 g/mol. The van der Waals surface area contributed by atoms with Crippen molar-refractivity contribution in [2.24, 2.45) is 5.92 Å². The Morgan fingerprint density at radius 3 is 2.78 bits per heavy atom. The third-order valence-corrected chi connectivity index (χ3v) is 8.18. The molecule has 0 spiro atoms. The first-order chi connectivity index (χ1) is 19.5. The number of rotatable bonds is 8. The maximum absolute atomic E-state index is 13.4. The number of fused-ring (bicyclic) bond motifs is 1.